The second kappa shape index (κ2) is 3.63. The van der Waals surface area contributed by atoms with Gasteiger partial charge in [0.15, 0.2) is 12.1 Å². The molecule has 2 rings (SSSR count). The fourth-order valence-electron chi connectivity index (χ4n) is 1.01. The Balaban J connectivity index is 2.49. The number of pyridine rings is 1. The van der Waals surface area contributed by atoms with Gasteiger partial charge in [0.2, 0.25) is 0 Å². The average Bonchev–Trinajstić information content (AvgIpc) is 2.67. The first-order valence-electron chi connectivity index (χ1n) is 3.82. The lowest BCUT2D eigenvalue weighted by molar-refractivity contribution is 0.111. The van der Waals surface area contributed by atoms with Crippen molar-refractivity contribution < 1.29 is 9.18 Å². The molecule has 0 aliphatic carbocycles. The molecule has 2 aromatic heterocycles. The summed E-state index contributed by atoms with van der Waals surface area (Å²) in [6, 6.07) is 1.53. The Kier molecular flexibility index (Phi) is 2.32. The molecule has 2 heterocycles. The minimum Gasteiger partial charge on any atom is -0.296 e. The van der Waals surface area contributed by atoms with Crippen LogP contribution in [0, 0.1) is 5.82 Å². The standard InChI is InChI=1S/C9H5FN2OS/c10-8-3-11-2-1-7(8)9-12-6(4-13)5-14-9/h1-5H. The number of carbonyl (C=O) groups excluding carboxylic acids is 1. The Hall–Kier alpha value is -1.62. The van der Waals surface area contributed by atoms with Crippen LogP contribution >= 0.6 is 11.3 Å². The molecule has 0 radical (unpaired) electrons. The van der Waals surface area contributed by atoms with Crippen molar-refractivity contribution in [1.29, 1.82) is 0 Å². The molecule has 0 aliphatic rings. The summed E-state index contributed by atoms with van der Waals surface area (Å²) in [7, 11) is 0. The SMILES string of the molecule is O=Cc1csc(-c2ccncc2F)n1. The number of aldehydes is 1. The van der Waals surface area contributed by atoms with Gasteiger partial charge in [-0.25, -0.2) is 9.37 Å². The summed E-state index contributed by atoms with van der Waals surface area (Å²) in [4.78, 5) is 17.9. The maximum absolute atomic E-state index is 13.2. The summed E-state index contributed by atoms with van der Waals surface area (Å²) >= 11 is 1.23. The number of nitrogens with zero attached hydrogens (tertiary/aromatic N) is 2. The number of hydrogen-bond acceptors (Lipinski definition) is 4. The van der Waals surface area contributed by atoms with Crippen LogP contribution in [0.25, 0.3) is 10.6 Å². The van der Waals surface area contributed by atoms with Gasteiger partial charge in [-0.2, -0.15) is 0 Å². The van der Waals surface area contributed by atoms with Gasteiger partial charge in [-0.1, -0.05) is 0 Å². The Morgan fingerprint density at radius 3 is 3.00 bits per heavy atom. The van der Waals surface area contributed by atoms with Crippen molar-refractivity contribution in [3.63, 3.8) is 0 Å². The number of halogens is 1. The maximum atomic E-state index is 13.2. The van der Waals surface area contributed by atoms with Gasteiger partial charge in [0.05, 0.1) is 6.20 Å². The first-order chi connectivity index (χ1) is 6.81. The van der Waals surface area contributed by atoms with Crippen molar-refractivity contribution in [2.45, 2.75) is 0 Å². The molecule has 0 amide bonds. The smallest absolute Gasteiger partial charge is 0.169 e. The summed E-state index contributed by atoms with van der Waals surface area (Å²) in [5, 5.41) is 2.08. The molecule has 0 N–H and O–H groups in total. The van der Waals surface area contributed by atoms with Crippen molar-refractivity contribution in [2.75, 3.05) is 0 Å². The molecule has 5 heteroatoms. The van der Waals surface area contributed by atoms with Gasteiger partial charge >= 0.3 is 0 Å². The molecule has 0 saturated carbocycles. The molecule has 0 aromatic carbocycles. The molecule has 0 atom stereocenters. The van der Waals surface area contributed by atoms with E-state index in [1.807, 2.05) is 0 Å². The van der Waals surface area contributed by atoms with E-state index in [0.29, 0.717) is 22.6 Å². The summed E-state index contributed by atoms with van der Waals surface area (Å²) in [5.41, 5.74) is 0.694. The van der Waals surface area contributed by atoms with Crippen LogP contribution in [0.5, 0.6) is 0 Å². The van der Waals surface area contributed by atoms with Crippen molar-refractivity contribution in [1.82, 2.24) is 9.97 Å². The normalized spacial score (nSPS) is 10.1. The highest BCUT2D eigenvalue weighted by Gasteiger charge is 2.08. The maximum Gasteiger partial charge on any atom is 0.169 e. The van der Waals surface area contributed by atoms with Crippen LogP contribution in [0.2, 0.25) is 0 Å². The van der Waals surface area contributed by atoms with Crippen molar-refractivity contribution >= 4 is 17.6 Å². The van der Waals surface area contributed by atoms with Crippen LogP contribution in [0.15, 0.2) is 23.8 Å². The summed E-state index contributed by atoms with van der Waals surface area (Å²) in [6.45, 7) is 0. The zero-order chi connectivity index (χ0) is 9.97. The average molecular weight is 208 g/mol. The van der Waals surface area contributed by atoms with E-state index < -0.39 is 5.82 Å². The molecule has 3 nitrogen and oxygen atoms in total. The van der Waals surface area contributed by atoms with Crippen molar-refractivity contribution in [3.8, 4) is 10.6 Å². The zero-order valence-electron chi connectivity index (χ0n) is 6.98. The third kappa shape index (κ3) is 1.54. The third-order valence-electron chi connectivity index (χ3n) is 1.65. The Labute approximate surface area is 83.3 Å². The second-order valence-electron chi connectivity index (χ2n) is 2.55. The molecule has 0 spiro atoms. The van der Waals surface area contributed by atoms with E-state index in [-0.39, 0.29) is 0 Å². The molecule has 0 bridgehead atoms. The van der Waals surface area contributed by atoms with Crippen LogP contribution in [0.4, 0.5) is 4.39 Å². The van der Waals surface area contributed by atoms with Crippen molar-refractivity contribution in [3.05, 3.63) is 35.4 Å². The van der Waals surface area contributed by atoms with Gasteiger partial charge in [-0.15, -0.1) is 11.3 Å². The predicted molar refractivity (Wildman–Crippen MR) is 50.7 cm³/mol. The number of aromatic nitrogens is 2. The number of rotatable bonds is 2. The molecular weight excluding hydrogens is 203 g/mol. The number of hydrogen-bond donors (Lipinski definition) is 0. The van der Waals surface area contributed by atoms with Gasteiger partial charge in [-0.05, 0) is 6.07 Å². The highest BCUT2D eigenvalue weighted by Crippen LogP contribution is 2.24. The Morgan fingerprint density at radius 1 is 1.50 bits per heavy atom. The van der Waals surface area contributed by atoms with Crippen LogP contribution in [0.1, 0.15) is 10.5 Å². The fourth-order valence-corrected chi connectivity index (χ4v) is 1.80. The van der Waals surface area contributed by atoms with E-state index in [4.69, 9.17) is 0 Å². The van der Waals surface area contributed by atoms with Crippen LogP contribution in [-0.4, -0.2) is 16.3 Å². The number of carbonyl (C=O) groups is 1. The first-order valence-corrected chi connectivity index (χ1v) is 4.70. The summed E-state index contributed by atoms with van der Waals surface area (Å²) < 4.78 is 13.2. The van der Waals surface area contributed by atoms with Crippen LogP contribution in [-0.2, 0) is 0 Å². The zero-order valence-corrected chi connectivity index (χ0v) is 7.79. The largest absolute Gasteiger partial charge is 0.296 e. The van der Waals surface area contributed by atoms with E-state index in [0.717, 1.165) is 6.20 Å². The highest BCUT2D eigenvalue weighted by molar-refractivity contribution is 7.13. The molecule has 0 unspecified atom stereocenters. The topological polar surface area (TPSA) is 42.9 Å². The van der Waals surface area contributed by atoms with Gasteiger partial charge in [0, 0.05) is 17.1 Å². The Bertz CT molecular complexity index is 469. The lowest BCUT2D eigenvalue weighted by Crippen LogP contribution is -1.85. The molecule has 0 fully saturated rings. The van der Waals surface area contributed by atoms with Gasteiger partial charge < -0.3 is 0 Å². The molecule has 0 saturated heterocycles. The fraction of sp³-hybridized carbons (Fsp3) is 0. The monoisotopic (exact) mass is 208 g/mol. The van der Waals surface area contributed by atoms with E-state index in [1.54, 1.807) is 5.38 Å². The summed E-state index contributed by atoms with van der Waals surface area (Å²) in [5.74, 6) is -0.431. The molecular formula is C9H5FN2OS. The van der Waals surface area contributed by atoms with Gasteiger partial charge in [0.25, 0.3) is 0 Å². The molecule has 14 heavy (non-hydrogen) atoms. The predicted octanol–water partition coefficient (Wildman–Crippen LogP) is 2.16. The quantitative estimate of drug-likeness (QED) is 0.710. The first kappa shape index (κ1) is 8.96. The van der Waals surface area contributed by atoms with Crippen LogP contribution in [0.3, 0.4) is 0 Å². The lowest BCUT2D eigenvalue weighted by atomic mass is 10.3. The second-order valence-corrected chi connectivity index (χ2v) is 3.41. The van der Waals surface area contributed by atoms with Crippen molar-refractivity contribution in [2.24, 2.45) is 0 Å². The number of thiazole rings is 1. The minimum atomic E-state index is -0.431. The van der Waals surface area contributed by atoms with E-state index >= 15 is 0 Å². The summed E-state index contributed by atoms with van der Waals surface area (Å²) in [6.07, 6.45) is 3.25. The van der Waals surface area contributed by atoms with E-state index in [1.165, 1.54) is 23.6 Å². The highest BCUT2D eigenvalue weighted by atomic mass is 32.1. The Morgan fingerprint density at radius 2 is 2.36 bits per heavy atom. The third-order valence-corrected chi connectivity index (χ3v) is 2.54. The van der Waals surface area contributed by atoms with E-state index in [2.05, 4.69) is 9.97 Å². The van der Waals surface area contributed by atoms with Crippen LogP contribution < -0.4 is 0 Å². The van der Waals surface area contributed by atoms with Gasteiger partial charge in [-0.3, -0.25) is 9.78 Å². The lowest BCUT2D eigenvalue weighted by Gasteiger charge is -1.95. The van der Waals surface area contributed by atoms with E-state index in [9.17, 15) is 9.18 Å². The molecule has 70 valence electrons. The minimum absolute atomic E-state index is 0.321. The molecule has 2 aromatic rings. The van der Waals surface area contributed by atoms with Gasteiger partial charge in [0.1, 0.15) is 10.7 Å². The molecule has 0 aliphatic heterocycles.